The molecule has 2 saturated heterocycles. The number of hydrogen-bond acceptors (Lipinski definition) is 3. The van der Waals surface area contributed by atoms with Crippen LogP contribution < -0.4 is 5.32 Å². The number of carbonyl (C=O) groups excluding carboxylic acids is 2. The number of rotatable bonds is 2. The van der Waals surface area contributed by atoms with Crippen molar-refractivity contribution < 1.29 is 14.3 Å². The van der Waals surface area contributed by atoms with Crippen molar-refractivity contribution in [3.63, 3.8) is 0 Å². The summed E-state index contributed by atoms with van der Waals surface area (Å²) in [4.78, 5) is 26.0. The molecule has 102 valence electrons. The number of nitrogens with zero attached hydrogens (tertiary/aromatic N) is 1. The Hall–Kier alpha value is -1.10. The van der Waals surface area contributed by atoms with Gasteiger partial charge in [0.15, 0.2) is 0 Å². The summed E-state index contributed by atoms with van der Waals surface area (Å²) in [6, 6.07) is -0.398. The second-order valence-corrected chi connectivity index (χ2v) is 5.87. The highest BCUT2D eigenvalue weighted by molar-refractivity contribution is 5.95. The zero-order valence-corrected chi connectivity index (χ0v) is 11.4. The molecule has 2 aliphatic heterocycles. The fourth-order valence-electron chi connectivity index (χ4n) is 2.71. The first-order valence-corrected chi connectivity index (χ1v) is 6.63. The average molecular weight is 254 g/mol. The Morgan fingerprint density at radius 1 is 1.44 bits per heavy atom. The molecule has 0 aliphatic carbocycles. The molecule has 2 unspecified atom stereocenters. The van der Waals surface area contributed by atoms with E-state index in [9.17, 15) is 9.59 Å². The van der Waals surface area contributed by atoms with Crippen LogP contribution in [0.3, 0.4) is 0 Å². The van der Waals surface area contributed by atoms with Gasteiger partial charge in [-0.1, -0.05) is 13.8 Å². The normalized spacial score (nSPS) is 33.8. The molecule has 0 radical (unpaired) electrons. The second kappa shape index (κ2) is 4.88. The minimum atomic E-state index is -0.398. The van der Waals surface area contributed by atoms with E-state index in [1.165, 1.54) is 0 Å². The van der Waals surface area contributed by atoms with E-state index < -0.39 is 6.04 Å². The van der Waals surface area contributed by atoms with Crippen molar-refractivity contribution in [3.05, 3.63) is 0 Å². The first-order valence-electron chi connectivity index (χ1n) is 6.63. The van der Waals surface area contributed by atoms with E-state index in [-0.39, 0.29) is 29.8 Å². The van der Waals surface area contributed by atoms with E-state index in [0.717, 1.165) is 19.4 Å². The predicted octanol–water partition coefficient (Wildman–Crippen LogP) is 0.538. The van der Waals surface area contributed by atoms with Crippen LogP contribution in [0.4, 0.5) is 0 Å². The van der Waals surface area contributed by atoms with Crippen LogP contribution >= 0.6 is 0 Å². The van der Waals surface area contributed by atoms with E-state index in [1.54, 1.807) is 4.90 Å². The first kappa shape index (κ1) is 13.3. The third kappa shape index (κ3) is 2.36. The largest absolute Gasteiger partial charge is 0.379 e. The number of nitrogens with one attached hydrogen (secondary N) is 1. The van der Waals surface area contributed by atoms with Crippen LogP contribution in [0.2, 0.25) is 0 Å². The minimum Gasteiger partial charge on any atom is -0.379 e. The van der Waals surface area contributed by atoms with Gasteiger partial charge >= 0.3 is 0 Å². The highest BCUT2D eigenvalue weighted by Crippen LogP contribution is 2.28. The summed E-state index contributed by atoms with van der Waals surface area (Å²) >= 11 is 0. The summed E-state index contributed by atoms with van der Waals surface area (Å²) in [6.07, 6.45) is 1.84. The smallest absolute Gasteiger partial charge is 0.246 e. The maximum absolute atomic E-state index is 12.5. The Labute approximate surface area is 108 Å². The lowest BCUT2D eigenvalue weighted by atomic mass is 9.89. The van der Waals surface area contributed by atoms with Gasteiger partial charge in [0.1, 0.15) is 12.6 Å². The zero-order valence-electron chi connectivity index (χ0n) is 11.4. The van der Waals surface area contributed by atoms with Gasteiger partial charge < -0.3 is 15.0 Å². The molecule has 0 aromatic heterocycles. The molecular formula is C13H22N2O3. The molecule has 0 spiro atoms. The lowest BCUT2D eigenvalue weighted by Gasteiger charge is -2.47. The van der Waals surface area contributed by atoms with Crippen molar-refractivity contribution in [1.82, 2.24) is 10.2 Å². The molecule has 2 atom stereocenters. The Bertz CT molecular complexity index is 348. The van der Waals surface area contributed by atoms with Crippen LogP contribution in [0.15, 0.2) is 0 Å². The van der Waals surface area contributed by atoms with E-state index in [4.69, 9.17) is 4.74 Å². The molecule has 0 aromatic carbocycles. The van der Waals surface area contributed by atoms with E-state index in [2.05, 4.69) is 5.32 Å². The maximum Gasteiger partial charge on any atom is 0.246 e. The van der Waals surface area contributed by atoms with Gasteiger partial charge in [-0.05, 0) is 25.7 Å². The fourth-order valence-corrected chi connectivity index (χ4v) is 2.71. The molecule has 1 N–H and O–H groups in total. The minimum absolute atomic E-state index is 0.0256. The number of amides is 2. The summed E-state index contributed by atoms with van der Waals surface area (Å²) in [5.41, 5.74) is -0.333. The standard InChI is InChI=1S/C13H22N2O3/c1-9(2)11-12(17)15(7-10(16)14-11)13(3)5-4-6-18-8-13/h9,11H,4-8H2,1-3H3,(H,14,16). The first-order chi connectivity index (χ1) is 8.44. The van der Waals surface area contributed by atoms with Crippen molar-refractivity contribution in [1.29, 1.82) is 0 Å². The molecule has 2 aliphatic rings. The maximum atomic E-state index is 12.5. The van der Waals surface area contributed by atoms with Crippen LogP contribution in [0.25, 0.3) is 0 Å². The summed E-state index contributed by atoms with van der Waals surface area (Å²) in [6.45, 7) is 7.34. The molecule has 2 amide bonds. The Balaban J connectivity index is 2.20. The summed E-state index contributed by atoms with van der Waals surface area (Å²) in [5, 5.41) is 2.78. The third-order valence-electron chi connectivity index (χ3n) is 3.89. The van der Waals surface area contributed by atoms with Crippen LogP contribution in [-0.2, 0) is 14.3 Å². The number of carbonyl (C=O) groups is 2. The lowest BCUT2D eigenvalue weighted by Crippen LogP contribution is -2.67. The summed E-state index contributed by atoms with van der Waals surface area (Å²) < 4.78 is 5.49. The Morgan fingerprint density at radius 3 is 2.72 bits per heavy atom. The van der Waals surface area contributed by atoms with E-state index in [0.29, 0.717) is 6.61 Å². The predicted molar refractivity (Wildman–Crippen MR) is 66.9 cm³/mol. The quantitative estimate of drug-likeness (QED) is 0.782. The van der Waals surface area contributed by atoms with Gasteiger partial charge in [0.2, 0.25) is 11.8 Å². The van der Waals surface area contributed by atoms with Crippen LogP contribution in [0.1, 0.15) is 33.6 Å². The summed E-state index contributed by atoms with van der Waals surface area (Å²) in [5.74, 6) is 0.0649. The van der Waals surface area contributed by atoms with Crippen molar-refractivity contribution in [2.45, 2.75) is 45.2 Å². The molecule has 0 bridgehead atoms. The third-order valence-corrected chi connectivity index (χ3v) is 3.89. The van der Waals surface area contributed by atoms with Gasteiger partial charge in [-0.2, -0.15) is 0 Å². The molecule has 0 aromatic rings. The van der Waals surface area contributed by atoms with Gasteiger partial charge in [0.05, 0.1) is 12.1 Å². The van der Waals surface area contributed by atoms with Crippen LogP contribution in [0, 0.1) is 5.92 Å². The Morgan fingerprint density at radius 2 is 2.17 bits per heavy atom. The molecule has 2 fully saturated rings. The Kier molecular flexibility index (Phi) is 3.61. The lowest BCUT2D eigenvalue weighted by molar-refractivity contribution is -0.157. The number of piperazine rings is 1. The number of ether oxygens (including phenoxy) is 1. The number of hydrogen-bond donors (Lipinski definition) is 1. The molecule has 0 saturated carbocycles. The van der Waals surface area contributed by atoms with Gasteiger partial charge in [0.25, 0.3) is 0 Å². The highest BCUT2D eigenvalue weighted by Gasteiger charge is 2.44. The molecule has 5 nitrogen and oxygen atoms in total. The molecule has 18 heavy (non-hydrogen) atoms. The SMILES string of the molecule is CC(C)C1NC(=O)CN(C2(C)CCCOC2)C1=O. The second-order valence-electron chi connectivity index (χ2n) is 5.87. The van der Waals surface area contributed by atoms with Gasteiger partial charge in [-0.25, -0.2) is 0 Å². The van der Waals surface area contributed by atoms with Crippen molar-refractivity contribution in [2.24, 2.45) is 5.92 Å². The van der Waals surface area contributed by atoms with Gasteiger partial charge in [0, 0.05) is 6.61 Å². The molecule has 5 heteroatoms. The van der Waals surface area contributed by atoms with Gasteiger partial charge in [-0.15, -0.1) is 0 Å². The monoisotopic (exact) mass is 254 g/mol. The zero-order chi connectivity index (χ0) is 13.3. The van der Waals surface area contributed by atoms with E-state index in [1.807, 2.05) is 20.8 Å². The van der Waals surface area contributed by atoms with Crippen molar-refractivity contribution in [3.8, 4) is 0 Å². The average Bonchev–Trinajstić information content (AvgIpc) is 2.32. The van der Waals surface area contributed by atoms with Crippen molar-refractivity contribution >= 4 is 11.8 Å². The van der Waals surface area contributed by atoms with Gasteiger partial charge in [-0.3, -0.25) is 9.59 Å². The fraction of sp³-hybridized carbons (Fsp3) is 0.846. The molecule has 2 rings (SSSR count). The van der Waals surface area contributed by atoms with E-state index >= 15 is 0 Å². The topological polar surface area (TPSA) is 58.6 Å². The van der Waals surface area contributed by atoms with Crippen molar-refractivity contribution in [2.75, 3.05) is 19.8 Å². The van der Waals surface area contributed by atoms with Crippen LogP contribution in [-0.4, -0.2) is 48.1 Å². The summed E-state index contributed by atoms with van der Waals surface area (Å²) in [7, 11) is 0. The molecular weight excluding hydrogens is 232 g/mol. The molecule has 2 heterocycles. The highest BCUT2D eigenvalue weighted by atomic mass is 16.5. The van der Waals surface area contributed by atoms with Crippen LogP contribution in [0.5, 0.6) is 0 Å².